The van der Waals surface area contributed by atoms with E-state index >= 15 is 0 Å². The van der Waals surface area contributed by atoms with Gasteiger partial charge in [-0.3, -0.25) is 11.3 Å². The minimum Gasteiger partial charge on any atom is -0.374 e. The summed E-state index contributed by atoms with van der Waals surface area (Å²) < 4.78 is 5.96. The fourth-order valence-corrected chi connectivity index (χ4v) is 2.73. The van der Waals surface area contributed by atoms with Crippen LogP contribution in [0.4, 0.5) is 0 Å². The highest BCUT2D eigenvalue weighted by Gasteiger charge is 2.33. The zero-order valence-corrected chi connectivity index (χ0v) is 12.5. The van der Waals surface area contributed by atoms with E-state index in [1.165, 1.54) is 10.8 Å². The van der Waals surface area contributed by atoms with E-state index in [-0.39, 0.29) is 11.6 Å². The molecular formula is C17H24N2O. The molecule has 2 unspecified atom stereocenters. The smallest absolute Gasteiger partial charge is 0.0858 e. The molecule has 0 fully saturated rings. The first-order valence-corrected chi connectivity index (χ1v) is 7.23. The van der Waals surface area contributed by atoms with E-state index in [1.807, 2.05) is 6.92 Å². The number of fused-ring (bicyclic) bond motifs is 1. The van der Waals surface area contributed by atoms with Gasteiger partial charge in [0.15, 0.2) is 0 Å². The van der Waals surface area contributed by atoms with E-state index in [9.17, 15) is 0 Å². The minimum atomic E-state index is -0.314. The number of nitrogens with one attached hydrogen (secondary N) is 1. The third kappa shape index (κ3) is 2.85. The van der Waals surface area contributed by atoms with Crippen molar-refractivity contribution in [3.8, 4) is 0 Å². The van der Waals surface area contributed by atoms with Crippen molar-refractivity contribution in [1.82, 2.24) is 5.43 Å². The van der Waals surface area contributed by atoms with Gasteiger partial charge in [0.2, 0.25) is 0 Å². The molecular weight excluding hydrogens is 248 g/mol. The third-order valence-corrected chi connectivity index (χ3v) is 4.06. The third-order valence-electron chi connectivity index (χ3n) is 4.06. The quantitative estimate of drug-likeness (QED) is 0.624. The molecule has 0 heterocycles. The molecule has 2 aromatic rings. The Hall–Kier alpha value is -1.42. The number of rotatable bonds is 6. The van der Waals surface area contributed by atoms with Crippen molar-refractivity contribution >= 4 is 10.8 Å². The van der Waals surface area contributed by atoms with Gasteiger partial charge < -0.3 is 4.74 Å². The first-order chi connectivity index (χ1) is 9.64. The highest BCUT2D eigenvalue weighted by Crippen LogP contribution is 2.33. The summed E-state index contributed by atoms with van der Waals surface area (Å²) in [4.78, 5) is 0. The maximum atomic E-state index is 5.96. The molecule has 20 heavy (non-hydrogen) atoms. The lowest BCUT2D eigenvalue weighted by atomic mass is 9.87. The largest absolute Gasteiger partial charge is 0.374 e. The Morgan fingerprint density at radius 2 is 1.85 bits per heavy atom. The van der Waals surface area contributed by atoms with Crippen LogP contribution >= 0.6 is 0 Å². The average Bonchev–Trinajstić information content (AvgIpc) is 2.48. The Balaban J connectivity index is 2.42. The predicted molar refractivity (Wildman–Crippen MR) is 84.3 cm³/mol. The van der Waals surface area contributed by atoms with Gasteiger partial charge in [-0.2, -0.15) is 0 Å². The van der Waals surface area contributed by atoms with Crippen LogP contribution in [0.2, 0.25) is 0 Å². The molecule has 2 rings (SSSR count). The second kappa shape index (κ2) is 6.35. The number of ether oxygens (including phenoxy) is 1. The summed E-state index contributed by atoms with van der Waals surface area (Å²) in [6, 6.07) is 14.8. The standard InChI is InChI=1S/C17H24N2O/c1-4-17(3,20-5-2)16(19-18)15-11-10-13-8-6-7-9-14(13)12-15/h6-12,16,19H,4-5,18H2,1-3H3. The summed E-state index contributed by atoms with van der Waals surface area (Å²) in [5.41, 5.74) is 3.78. The number of hydrogen-bond donors (Lipinski definition) is 2. The number of hydrogen-bond acceptors (Lipinski definition) is 3. The summed E-state index contributed by atoms with van der Waals surface area (Å²) in [6.45, 7) is 6.93. The van der Waals surface area contributed by atoms with Gasteiger partial charge in [0.1, 0.15) is 0 Å². The van der Waals surface area contributed by atoms with E-state index in [1.54, 1.807) is 0 Å². The van der Waals surface area contributed by atoms with E-state index in [4.69, 9.17) is 10.6 Å². The van der Waals surface area contributed by atoms with Gasteiger partial charge in [-0.15, -0.1) is 0 Å². The SMILES string of the molecule is CCOC(C)(CC)C(NN)c1ccc2ccccc2c1. The van der Waals surface area contributed by atoms with Crippen molar-refractivity contribution < 1.29 is 4.74 Å². The highest BCUT2D eigenvalue weighted by molar-refractivity contribution is 5.83. The summed E-state index contributed by atoms with van der Waals surface area (Å²) in [7, 11) is 0. The summed E-state index contributed by atoms with van der Waals surface area (Å²) in [6.07, 6.45) is 0.891. The zero-order chi connectivity index (χ0) is 14.6. The van der Waals surface area contributed by atoms with Gasteiger partial charge in [0, 0.05) is 6.61 Å². The van der Waals surface area contributed by atoms with Crippen LogP contribution in [0.5, 0.6) is 0 Å². The van der Waals surface area contributed by atoms with Crippen molar-refractivity contribution in [3.05, 3.63) is 48.0 Å². The molecule has 0 radical (unpaired) electrons. The first kappa shape index (κ1) is 15.0. The molecule has 3 nitrogen and oxygen atoms in total. The van der Waals surface area contributed by atoms with E-state index in [2.05, 4.69) is 61.7 Å². The number of hydrazine groups is 1. The highest BCUT2D eigenvalue weighted by atomic mass is 16.5. The van der Waals surface area contributed by atoms with Gasteiger partial charge in [-0.1, -0.05) is 43.3 Å². The van der Waals surface area contributed by atoms with Gasteiger partial charge >= 0.3 is 0 Å². The summed E-state index contributed by atoms with van der Waals surface area (Å²) in [5.74, 6) is 5.81. The van der Waals surface area contributed by atoms with Crippen molar-refractivity contribution in [3.63, 3.8) is 0 Å². The van der Waals surface area contributed by atoms with Crippen LogP contribution in [0, 0.1) is 0 Å². The predicted octanol–water partition coefficient (Wildman–Crippen LogP) is 3.55. The fourth-order valence-electron chi connectivity index (χ4n) is 2.73. The minimum absolute atomic E-state index is 0.0305. The second-order valence-electron chi connectivity index (χ2n) is 5.31. The monoisotopic (exact) mass is 272 g/mol. The van der Waals surface area contributed by atoms with Gasteiger partial charge in [-0.25, -0.2) is 0 Å². The Morgan fingerprint density at radius 3 is 2.45 bits per heavy atom. The van der Waals surface area contributed by atoms with Crippen LogP contribution in [-0.2, 0) is 4.74 Å². The van der Waals surface area contributed by atoms with Gasteiger partial charge in [0.25, 0.3) is 0 Å². The molecule has 0 saturated heterocycles. The molecule has 0 amide bonds. The average molecular weight is 272 g/mol. The summed E-state index contributed by atoms with van der Waals surface area (Å²) >= 11 is 0. The fraction of sp³-hybridized carbons (Fsp3) is 0.412. The maximum Gasteiger partial charge on any atom is 0.0858 e. The Kier molecular flexibility index (Phi) is 4.76. The van der Waals surface area contributed by atoms with Crippen LogP contribution < -0.4 is 11.3 Å². The van der Waals surface area contributed by atoms with Gasteiger partial charge in [-0.05, 0) is 42.7 Å². The van der Waals surface area contributed by atoms with E-state index in [0.29, 0.717) is 6.61 Å². The normalized spacial score (nSPS) is 16.0. The molecule has 3 N–H and O–H groups in total. The molecule has 2 atom stereocenters. The molecule has 2 aromatic carbocycles. The lowest BCUT2D eigenvalue weighted by Gasteiger charge is -2.36. The molecule has 0 aliphatic rings. The lowest BCUT2D eigenvalue weighted by molar-refractivity contribution is -0.0563. The second-order valence-corrected chi connectivity index (χ2v) is 5.31. The van der Waals surface area contributed by atoms with E-state index < -0.39 is 0 Å². The lowest BCUT2D eigenvalue weighted by Crippen LogP contribution is -2.46. The molecule has 0 saturated carbocycles. The van der Waals surface area contributed by atoms with Crippen LogP contribution in [0.25, 0.3) is 10.8 Å². The van der Waals surface area contributed by atoms with Crippen molar-refractivity contribution in [2.75, 3.05) is 6.61 Å². The Morgan fingerprint density at radius 1 is 1.15 bits per heavy atom. The molecule has 0 aliphatic heterocycles. The summed E-state index contributed by atoms with van der Waals surface area (Å²) in [5, 5.41) is 2.46. The van der Waals surface area contributed by atoms with Crippen LogP contribution in [0.3, 0.4) is 0 Å². The molecule has 0 aromatic heterocycles. The Bertz CT molecular complexity index is 570. The van der Waals surface area contributed by atoms with Crippen molar-refractivity contribution in [1.29, 1.82) is 0 Å². The molecule has 0 spiro atoms. The van der Waals surface area contributed by atoms with Crippen LogP contribution in [0.15, 0.2) is 42.5 Å². The van der Waals surface area contributed by atoms with E-state index in [0.717, 1.165) is 12.0 Å². The maximum absolute atomic E-state index is 5.96. The molecule has 0 bridgehead atoms. The molecule has 0 aliphatic carbocycles. The van der Waals surface area contributed by atoms with Gasteiger partial charge in [0.05, 0.1) is 11.6 Å². The number of benzene rings is 2. The Labute approximate surface area is 121 Å². The zero-order valence-electron chi connectivity index (χ0n) is 12.5. The molecule has 108 valence electrons. The van der Waals surface area contributed by atoms with Crippen molar-refractivity contribution in [2.24, 2.45) is 5.84 Å². The van der Waals surface area contributed by atoms with Crippen molar-refractivity contribution in [2.45, 2.75) is 38.8 Å². The first-order valence-electron chi connectivity index (χ1n) is 7.23. The van der Waals surface area contributed by atoms with Crippen LogP contribution in [0.1, 0.15) is 38.8 Å². The van der Waals surface area contributed by atoms with Crippen LogP contribution in [-0.4, -0.2) is 12.2 Å². The number of nitrogens with two attached hydrogens (primary N) is 1. The topological polar surface area (TPSA) is 47.3 Å². The molecule has 3 heteroatoms.